The summed E-state index contributed by atoms with van der Waals surface area (Å²) >= 11 is 0. The van der Waals surface area contributed by atoms with E-state index in [1.54, 1.807) is 0 Å². The van der Waals surface area contributed by atoms with E-state index in [4.69, 9.17) is 4.74 Å². The Morgan fingerprint density at radius 2 is 2.33 bits per heavy atom. The number of ketones is 1. The Labute approximate surface area is 90.2 Å². The second-order valence-corrected chi connectivity index (χ2v) is 4.71. The molecule has 15 heavy (non-hydrogen) atoms. The van der Waals surface area contributed by atoms with Gasteiger partial charge in [0.15, 0.2) is 0 Å². The topological polar surface area (TPSA) is 43.4 Å². The molecule has 3 nitrogen and oxygen atoms in total. The minimum Gasteiger partial charge on any atom is -0.466 e. The van der Waals surface area contributed by atoms with Gasteiger partial charge in [-0.3, -0.25) is 9.59 Å². The van der Waals surface area contributed by atoms with Crippen LogP contribution in [0.4, 0.5) is 0 Å². The number of fused-ring (bicyclic) bond motifs is 1. The number of ether oxygens (including phenoxy) is 1. The van der Waals surface area contributed by atoms with E-state index < -0.39 is 0 Å². The molecule has 2 fully saturated rings. The summed E-state index contributed by atoms with van der Waals surface area (Å²) in [5.41, 5.74) is -0.302. The third kappa shape index (κ3) is 1.68. The van der Waals surface area contributed by atoms with Gasteiger partial charge in [-0.05, 0) is 32.1 Å². The molecular weight excluding hydrogens is 192 g/mol. The number of hydrogen-bond donors (Lipinski definition) is 0. The van der Waals surface area contributed by atoms with E-state index >= 15 is 0 Å². The molecule has 0 radical (unpaired) electrons. The number of rotatable bonds is 2. The van der Waals surface area contributed by atoms with Gasteiger partial charge < -0.3 is 4.74 Å². The average molecular weight is 210 g/mol. The molecule has 0 aromatic heterocycles. The summed E-state index contributed by atoms with van der Waals surface area (Å²) in [7, 11) is 0. The summed E-state index contributed by atoms with van der Waals surface area (Å²) in [4.78, 5) is 23.4. The van der Waals surface area contributed by atoms with Crippen LogP contribution in [0.5, 0.6) is 0 Å². The Bertz CT molecular complexity index is 285. The SMILES string of the molecule is CCOC(=O)[C@]12CCC[C@@H]1CC(=O)CC2. The van der Waals surface area contributed by atoms with E-state index in [0.29, 0.717) is 25.2 Å². The molecule has 2 rings (SSSR count). The highest BCUT2D eigenvalue weighted by molar-refractivity contribution is 5.85. The molecule has 2 aliphatic rings. The molecule has 0 unspecified atom stereocenters. The van der Waals surface area contributed by atoms with Crippen molar-refractivity contribution < 1.29 is 14.3 Å². The molecule has 0 aliphatic heterocycles. The Morgan fingerprint density at radius 1 is 1.53 bits per heavy atom. The van der Waals surface area contributed by atoms with Gasteiger partial charge in [-0.1, -0.05) is 6.42 Å². The standard InChI is InChI=1S/C12H18O3/c1-2-15-11(14)12-6-3-4-9(12)8-10(13)5-7-12/h9H,2-8H2,1H3/t9-,12+/m1/s1. The predicted octanol–water partition coefficient (Wildman–Crippen LogP) is 2.09. The summed E-state index contributed by atoms with van der Waals surface area (Å²) in [5, 5.41) is 0. The average Bonchev–Trinajstić information content (AvgIpc) is 2.62. The molecule has 0 bridgehead atoms. The summed E-state index contributed by atoms with van der Waals surface area (Å²) in [6.07, 6.45) is 4.88. The molecule has 0 N–H and O–H groups in total. The van der Waals surface area contributed by atoms with Crippen LogP contribution in [0, 0.1) is 11.3 Å². The highest BCUT2D eigenvalue weighted by Crippen LogP contribution is 2.52. The second-order valence-electron chi connectivity index (χ2n) is 4.71. The maximum Gasteiger partial charge on any atom is 0.312 e. The summed E-state index contributed by atoms with van der Waals surface area (Å²) in [6.45, 7) is 2.29. The Balaban J connectivity index is 2.17. The lowest BCUT2D eigenvalue weighted by atomic mass is 9.68. The van der Waals surface area contributed by atoms with Crippen LogP contribution in [0.15, 0.2) is 0 Å². The Hall–Kier alpha value is -0.860. The molecule has 0 aromatic carbocycles. The van der Waals surface area contributed by atoms with Gasteiger partial charge in [0.25, 0.3) is 0 Å². The van der Waals surface area contributed by atoms with Crippen LogP contribution in [0.2, 0.25) is 0 Å². The highest BCUT2D eigenvalue weighted by Gasteiger charge is 2.52. The fourth-order valence-electron chi connectivity index (χ4n) is 3.16. The normalized spacial score (nSPS) is 35.0. The maximum atomic E-state index is 12.0. The molecular formula is C12H18O3. The van der Waals surface area contributed by atoms with Gasteiger partial charge in [-0.15, -0.1) is 0 Å². The van der Waals surface area contributed by atoms with Crippen LogP contribution in [0.1, 0.15) is 45.4 Å². The lowest BCUT2D eigenvalue weighted by Gasteiger charge is -2.36. The Morgan fingerprint density at radius 3 is 3.07 bits per heavy atom. The largest absolute Gasteiger partial charge is 0.466 e. The van der Waals surface area contributed by atoms with Crippen LogP contribution in [0.3, 0.4) is 0 Å². The van der Waals surface area contributed by atoms with Crippen molar-refractivity contribution in [2.45, 2.75) is 45.4 Å². The van der Waals surface area contributed by atoms with Crippen molar-refractivity contribution in [2.24, 2.45) is 11.3 Å². The molecule has 2 atom stereocenters. The molecule has 0 spiro atoms. The van der Waals surface area contributed by atoms with Crippen molar-refractivity contribution in [2.75, 3.05) is 6.61 Å². The lowest BCUT2D eigenvalue weighted by Crippen LogP contribution is -2.41. The lowest BCUT2D eigenvalue weighted by molar-refractivity contribution is -0.160. The minimum absolute atomic E-state index is 0.0556. The first-order valence-electron chi connectivity index (χ1n) is 5.88. The zero-order valence-electron chi connectivity index (χ0n) is 9.25. The first kappa shape index (κ1) is 10.7. The summed E-state index contributed by atoms with van der Waals surface area (Å²) in [6, 6.07) is 0. The van der Waals surface area contributed by atoms with Crippen LogP contribution in [0.25, 0.3) is 0 Å². The van der Waals surface area contributed by atoms with E-state index in [1.807, 2.05) is 6.92 Å². The van der Waals surface area contributed by atoms with E-state index in [2.05, 4.69) is 0 Å². The molecule has 84 valence electrons. The quantitative estimate of drug-likeness (QED) is 0.655. The van der Waals surface area contributed by atoms with E-state index in [0.717, 1.165) is 25.7 Å². The van der Waals surface area contributed by atoms with Crippen molar-refractivity contribution in [3.8, 4) is 0 Å². The van der Waals surface area contributed by atoms with E-state index in [9.17, 15) is 9.59 Å². The second kappa shape index (κ2) is 3.95. The van der Waals surface area contributed by atoms with Gasteiger partial charge in [0, 0.05) is 12.8 Å². The molecule has 0 heterocycles. The predicted molar refractivity (Wildman–Crippen MR) is 55.3 cm³/mol. The van der Waals surface area contributed by atoms with Crippen molar-refractivity contribution in [1.29, 1.82) is 0 Å². The first-order chi connectivity index (χ1) is 7.19. The Kier molecular flexibility index (Phi) is 2.81. The van der Waals surface area contributed by atoms with Gasteiger partial charge in [-0.2, -0.15) is 0 Å². The summed E-state index contributed by atoms with van der Waals surface area (Å²) < 4.78 is 5.17. The van der Waals surface area contributed by atoms with Gasteiger partial charge in [0.05, 0.1) is 12.0 Å². The molecule has 0 amide bonds. The molecule has 0 saturated heterocycles. The van der Waals surface area contributed by atoms with E-state index in [1.165, 1.54) is 0 Å². The van der Waals surface area contributed by atoms with Crippen molar-refractivity contribution in [3.05, 3.63) is 0 Å². The third-order valence-corrected chi connectivity index (χ3v) is 3.96. The van der Waals surface area contributed by atoms with E-state index in [-0.39, 0.29) is 17.3 Å². The number of Topliss-reactive ketones (excluding diaryl/α,β-unsaturated/α-hetero) is 1. The van der Waals surface area contributed by atoms with Crippen LogP contribution in [-0.4, -0.2) is 18.4 Å². The van der Waals surface area contributed by atoms with Crippen molar-refractivity contribution in [1.82, 2.24) is 0 Å². The highest BCUT2D eigenvalue weighted by atomic mass is 16.5. The molecule has 2 saturated carbocycles. The number of esters is 1. The van der Waals surface area contributed by atoms with Gasteiger partial charge >= 0.3 is 5.97 Å². The van der Waals surface area contributed by atoms with Gasteiger partial charge in [-0.25, -0.2) is 0 Å². The zero-order valence-corrected chi connectivity index (χ0v) is 9.25. The zero-order chi connectivity index (χ0) is 10.9. The van der Waals surface area contributed by atoms with Crippen LogP contribution in [-0.2, 0) is 14.3 Å². The maximum absolute atomic E-state index is 12.0. The van der Waals surface area contributed by atoms with Gasteiger partial charge in [0.2, 0.25) is 0 Å². The smallest absolute Gasteiger partial charge is 0.312 e. The van der Waals surface area contributed by atoms with Gasteiger partial charge in [0.1, 0.15) is 5.78 Å². The van der Waals surface area contributed by atoms with Crippen LogP contribution >= 0.6 is 0 Å². The summed E-state index contributed by atoms with van der Waals surface area (Å²) in [5.74, 6) is 0.527. The molecule has 0 aromatic rings. The minimum atomic E-state index is -0.302. The molecule has 3 heteroatoms. The van der Waals surface area contributed by atoms with Crippen molar-refractivity contribution in [3.63, 3.8) is 0 Å². The monoisotopic (exact) mass is 210 g/mol. The number of carbonyl (C=O) groups is 2. The fourth-order valence-corrected chi connectivity index (χ4v) is 3.16. The first-order valence-corrected chi connectivity index (χ1v) is 5.88. The molecule has 2 aliphatic carbocycles. The number of carbonyl (C=O) groups excluding carboxylic acids is 2. The third-order valence-electron chi connectivity index (χ3n) is 3.96. The van der Waals surface area contributed by atoms with Crippen molar-refractivity contribution >= 4 is 11.8 Å². The number of hydrogen-bond acceptors (Lipinski definition) is 3. The van der Waals surface area contributed by atoms with Crippen LogP contribution < -0.4 is 0 Å². The fraction of sp³-hybridized carbons (Fsp3) is 0.833.